The second kappa shape index (κ2) is 5.66. The molecule has 1 aromatic heterocycles. The topological polar surface area (TPSA) is 82.5 Å². The lowest BCUT2D eigenvalue weighted by molar-refractivity contribution is -0.114. The van der Waals surface area contributed by atoms with Crippen LogP contribution in [0.1, 0.15) is 30.8 Å². The molecule has 1 aliphatic rings. The molecule has 2 rings (SSSR count). The number of aromatic nitrogens is 1. The van der Waals surface area contributed by atoms with Crippen LogP contribution in [0.3, 0.4) is 0 Å². The Hall–Kier alpha value is -1.47. The van der Waals surface area contributed by atoms with Gasteiger partial charge in [-0.2, -0.15) is 0 Å². The highest BCUT2D eigenvalue weighted by Gasteiger charge is 2.35. The second-order valence-corrected chi connectivity index (χ2v) is 5.59. The van der Waals surface area contributed by atoms with Crippen LogP contribution in [0.4, 0.5) is 5.13 Å². The summed E-state index contributed by atoms with van der Waals surface area (Å²) in [6, 6.07) is -0.140. The van der Waals surface area contributed by atoms with Crippen LogP contribution in [-0.4, -0.2) is 46.0 Å². The van der Waals surface area contributed by atoms with Crippen molar-refractivity contribution >= 4 is 28.3 Å². The molecule has 0 aromatic carbocycles. The molecule has 0 bridgehead atoms. The van der Waals surface area contributed by atoms with Crippen molar-refractivity contribution in [1.29, 1.82) is 0 Å². The highest BCUT2D eigenvalue weighted by atomic mass is 32.1. The fourth-order valence-corrected chi connectivity index (χ4v) is 3.00. The second-order valence-electron chi connectivity index (χ2n) is 4.73. The standard InChI is InChI=1S/C12H17N3O3S/c1-7-3-4-15(10(7)5-16)11(18)9-6-19-12(14-9)13-8(2)17/h6-7,10,16H,3-5H2,1-2H3,(H,13,14,17). The van der Waals surface area contributed by atoms with Crippen molar-refractivity contribution in [3.8, 4) is 0 Å². The van der Waals surface area contributed by atoms with E-state index in [0.717, 1.165) is 6.42 Å². The summed E-state index contributed by atoms with van der Waals surface area (Å²) in [5.41, 5.74) is 0.321. The third-order valence-electron chi connectivity index (χ3n) is 3.34. The van der Waals surface area contributed by atoms with Gasteiger partial charge in [0.2, 0.25) is 5.91 Å². The first-order valence-corrected chi connectivity index (χ1v) is 7.06. The minimum atomic E-state index is -0.212. The highest BCUT2D eigenvalue weighted by molar-refractivity contribution is 7.14. The van der Waals surface area contributed by atoms with E-state index >= 15 is 0 Å². The van der Waals surface area contributed by atoms with E-state index in [-0.39, 0.29) is 24.5 Å². The number of aliphatic hydroxyl groups excluding tert-OH is 1. The monoisotopic (exact) mass is 283 g/mol. The van der Waals surface area contributed by atoms with Gasteiger partial charge in [0.1, 0.15) is 5.69 Å². The molecule has 1 fully saturated rings. The van der Waals surface area contributed by atoms with Crippen LogP contribution in [0, 0.1) is 5.92 Å². The molecule has 19 heavy (non-hydrogen) atoms. The van der Waals surface area contributed by atoms with Crippen molar-refractivity contribution < 1.29 is 14.7 Å². The number of rotatable bonds is 3. The Labute approximate surface area is 115 Å². The number of nitrogens with one attached hydrogen (secondary N) is 1. The Morgan fingerprint density at radius 3 is 3.00 bits per heavy atom. The molecule has 6 nitrogen and oxygen atoms in total. The van der Waals surface area contributed by atoms with Crippen LogP contribution in [0.15, 0.2) is 5.38 Å². The predicted molar refractivity (Wildman–Crippen MR) is 72.1 cm³/mol. The minimum Gasteiger partial charge on any atom is -0.394 e. The number of anilines is 1. The van der Waals surface area contributed by atoms with E-state index < -0.39 is 0 Å². The summed E-state index contributed by atoms with van der Waals surface area (Å²) in [5, 5.41) is 14.0. The largest absolute Gasteiger partial charge is 0.394 e. The zero-order valence-corrected chi connectivity index (χ0v) is 11.7. The van der Waals surface area contributed by atoms with Crippen LogP contribution in [0.2, 0.25) is 0 Å². The first-order valence-electron chi connectivity index (χ1n) is 6.18. The van der Waals surface area contributed by atoms with Crippen molar-refractivity contribution in [3.05, 3.63) is 11.1 Å². The van der Waals surface area contributed by atoms with Crippen LogP contribution < -0.4 is 5.32 Å². The molecule has 2 unspecified atom stereocenters. The van der Waals surface area contributed by atoms with E-state index in [1.165, 1.54) is 18.3 Å². The molecule has 0 radical (unpaired) electrons. The molecule has 0 aliphatic carbocycles. The van der Waals surface area contributed by atoms with Crippen LogP contribution in [0.5, 0.6) is 0 Å². The van der Waals surface area contributed by atoms with Gasteiger partial charge in [0.25, 0.3) is 5.91 Å². The fourth-order valence-electron chi connectivity index (χ4n) is 2.27. The molecule has 1 saturated heterocycles. The lowest BCUT2D eigenvalue weighted by atomic mass is 10.0. The van der Waals surface area contributed by atoms with Gasteiger partial charge in [-0.15, -0.1) is 11.3 Å². The van der Waals surface area contributed by atoms with E-state index in [9.17, 15) is 14.7 Å². The van der Waals surface area contributed by atoms with Crippen LogP contribution >= 0.6 is 11.3 Å². The molecule has 0 spiro atoms. The molecule has 2 heterocycles. The minimum absolute atomic E-state index is 0.0321. The third-order valence-corrected chi connectivity index (χ3v) is 4.09. The number of hydrogen-bond acceptors (Lipinski definition) is 5. The van der Waals surface area contributed by atoms with Gasteiger partial charge in [-0.25, -0.2) is 4.98 Å². The van der Waals surface area contributed by atoms with E-state index in [1.54, 1.807) is 10.3 Å². The van der Waals surface area contributed by atoms with Gasteiger partial charge < -0.3 is 15.3 Å². The Kier molecular flexibility index (Phi) is 4.16. The van der Waals surface area contributed by atoms with Crippen LogP contribution in [0.25, 0.3) is 0 Å². The summed E-state index contributed by atoms with van der Waals surface area (Å²) in [4.78, 5) is 29.0. The van der Waals surface area contributed by atoms with Crippen molar-refractivity contribution in [2.24, 2.45) is 5.92 Å². The van der Waals surface area contributed by atoms with Crippen molar-refractivity contribution in [2.75, 3.05) is 18.5 Å². The van der Waals surface area contributed by atoms with Gasteiger partial charge in [0.05, 0.1) is 12.6 Å². The zero-order valence-electron chi connectivity index (χ0n) is 10.9. The number of carbonyl (C=O) groups excluding carboxylic acids is 2. The summed E-state index contributed by atoms with van der Waals surface area (Å²) >= 11 is 1.22. The third kappa shape index (κ3) is 2.93. The number of amides is 2. The first-order chi connectivity index (χ1) is 9.02. The Morgan fingerprint density at radius 1 is 1.63 bits per heavy atom. The summed E-state index contributed by atoms with van der Waals surface area (Å²) in [6.07, 6.45) is 0.889. The molecular weight excluding hydrogens is 266 g/mol. The van der Waals surface area contributed by atoms with Crippen molar-refractivity contribution in [3.63, 3.8) is 0 Å². The van der Waals surface area contributed by atoms with Crippen molar-refractivity contribution in [1.82, 2.24) is 9.88 Å². The average molecular weight is 283 g/mol. The average Bonchev–Trinajstić information content (AvgIpc) is 2.94. The molecule has 0 saturated carbocycles. The summed E-state index contributed by atoms with van der Waals surface area (Å²) in [7, 11) is 0. The van der Waals surface area contributed by atoms with Gasteiger partial charge in [-0.3, -0.25) is 9.59 Å². The number of carbonyl (C=O) groups is 2. The lowest BCUT2D eigenvalue weighted by Gasteiger charge is -2.24. The number of aliphatic hydroxyl groups is 1. The number of hydrogen-bond donors (Lipinski definition) is 2. The number of thiazole rings is 1. The van der Waals surface area contributed by atoms with E-state index in [1.807, 2.05) is 6.92 Å². The van der Waals surface area contributed by atoms with E-state index in [2.05, 4.69) is 10.3 Å². The number of likely N-dealkylation sites (tertiary alicyclic amines) is 1. The van der Waals surface area contributed by atoms with Crippen LogP contribution in [-0.2, 0) is 4.79 Å². The van der Waals surface area contributed by atoms with E-state index in [0.29, 0.717) is 23.3 Å². The summed E-state index contributed by atoms with van der Waals surface area (Å²) < 4.78 is 0. The molecule has 2 N–H and O–H groups in total. The SMILES string of the molecule is CC(=O)Nc1nc(C(=O)N2CCC(C)C2CO)cs1. The molecule has 104 valence electrons. The maximum atomic E-state index is 12.3. The van der Waals surface area contributed by atoms with Gasteiger partial charge in [-0.1, -0.05) is 6.92 Å². The molecule has 1 aliphatic heterocycles. The maximum Gasteiger partial charge on any atom is 0.273 e. The van der Waals surface area contributed by atoms with Gasteiger partial charge in [0.15, 0.2) is 5.13 Å². The van der Waals surface area contributed by atoms with Crippen molar-refractivity contribution in [2.45, 2.75) is 26.3 Å². The smallest absolute Gasteiger partial charge is 0.273 e. The molecule has 7 heteroatoms. The van der Waals surface area contributed by atoms with Gasteiger partial charge in [-0.05, 0) is 12.3 Å². The van der Waals surface area contributed by atoms with Gasteiger partial charge in [0, 0.05) is 18.8 Å². The highest BCUT2D eigenvalue weighted by Crippen LogP contribution is 2.26. The quantitative estimate of drug-likeness (QED) is 0.865. The Balaban J connectivity index is 2.11. The normalized spacial score (nSPS) is 22.6. The fraction of sp³-hybridized carbons (Fsp3) is 0.583. The maximum absolute atomic E-state index is 12.3. The first kappa shape index (κ1) is 14.0. The number of nitrogens with zero attached hydrogens (tertiary/aromatic N) is 2. The molecule has 1 aromatic rings. The lowest BCUT2D eigenvalue weighted by Crippen LogP contribution is -2.40. The zero-order chi connectivity index (χ0) is 14.0. The Morgan fingerprint density at radius 2 is 2.37 bits per heavy atom. The Bertz CT molecular complexity index is 488. The predicted octanol–water partition coefficient (Wildman–Crippen LogP) is 0.944. The van der Waals surface area contributed by atoms with E-state index in [4.69, 9.17) is 0 Å². The van der Waals surface area contributed by atoms with Gasteiger partial charge >= 0.3 is 0 Å². The molecule has 2 amide bonds. The summed E-state index contributed by atoms with van der Waals surface area (Å²) in [5.74, 6) is -0.102. The molecule has 2 atom stereocenters. The molecular formula is C12H17N3O3S. The summed E-state index contributed by atoms with van der Waals surface area (Å²) in [6.45, 7) is 4.03.